The van der Waals surface area contributed by atoms with Gasteiger partial charge in [0.2, 0.25) is 0 Å². The molecule has 27 heavy (non-hydrogen) atoms. The zero-order valence-corrected chi connectivity index (χ0v) is 16.9. The lowest BCUT2D eigenvalue weighted by Crippen LogP contribution is -2.44. The Morgan fingerprint density at radius 3 is 2.56 bits per heavy atom. The highest BCUT2D eigenvalue weighted by atomic mass is 79.9. The van der Waals surface area contributed by atoms with Gasteiger partial charge in [0, 0.05) is 54.8 Å². The number of anilines is 2. The van der Waals surface area contributed by atoms with E-state index < -0.39 is 0 Å². The molecular formula is C21H23BrN4O. The standard InChI is InChI=1S/C21H23BrN4O/c1-25-8-10-26(11-9-25)18-6-4-17(5-7-18)23-14-20-19-12-16(22)3-2-15(19)13-24-21(20)27/h2-7,12,14,23H,8-11,13H2,1H3,(H,24,27)/b20-14-. The highest BCUT2D eigenvalue weighted by Gasteiger charge is 2.21. The lowest BCUT2D eigenvalue weighted by atomic mass is 9.96. The van der Waals surface area contributed by atoms with E-state index in [1.165, 1.54) is 5.69 Å². The minimum Gasteiger partial charge on any atom is -0.369 e. The van der Waals surface area contributed by atoms with Gasteiger partial charge in [-0.2, -0.15) is 0 Å². The molecule has 2 aliphatic rings. The van der Waals surface area contributed by atoms with Crippen molar-refractivity contribution in [2.75, 3.05) is 43.4 Å². The normalized spacial score (nSPS) is 19.0. The first kappa shape index (κ1) is 18.1. The molecule has 0 saturated carbocycles. The number of carbonyl (C=O) groups is 1. The lowest BCUT2D eigenvalue weighted by Gasteiger charge is -2.34. The third-order valence-electron chi connectivity index (χ3n) is 5.17. The van der Waals surface area contributed by atoms with Crippen molar-refractivity contribution in [3.8, 4) is 0 Å². The van der Waals surface area contributed by atoms with Crippen LogP contribution in [0.2, 0.25) is 0 Å². The third-order valence-corrected chi connectivity index (χ3v) is 5.66. The minimum atomic E-state index is -0.0536. The minimum absolute atomic E-state index is 0.0536. The predicted molar refractivity (Wildman–Crippen MR) is 114 cm³/mol. The molecule has 0 unspecified atom stereocenters. The van der Waals surface area contributed by atoms with Gasteiger partial charge in [0.05, 0.1) is 5.57 Å². The summed E-state index contributed by atoms with van der Waals surface area (Å²) in [7, 11) is 2.16. The van der Waals surface area contributed by atoms with E-state index in [1.54, 1.807) is 6.20 Å². The Morgan fingerprint density at radius 1 is 1.07 bits per heavy atom. The largest absolute Gasteiger partial charge is 0.369 e. The summed E-state index contributed by atoms with van der Waals surface area (Å²) in [4.78, 5) is 17.1. The topological polar surface area (TPSA) is 47.6 Å². The molecule has 5 nitrogen and oxygen atoms in total. The number of likely N-dealkylation sites (N-methyl/N-ethyl adjacent to an activating group) is 1. The Labute approximate surface area is 168 Å². The number of hydrogen-bond donors (Lipinski definition) is 2. The van der Waals surface area contributed by atoms with Gasteiger partial charge in [-0.1, -0.05) is 22.0 Å². The summed E-state index contributed by atoms with van der Waals surface area (Å²) in [6, 6.07) is 14.4. The summed E-state index contributed by atoms with van der Waals surface area (Å²) in [6.45, 7) is 4.86. The van der Waals surface area contributed by atoms with Crippen LogP contribution < -0.4 is 15.5 Å². The molecular weight excluding hydrogens is 404 g/mol. The zero-order valence-electron chi connectivity index (χ0n) is 15.3. The number of nitrogens with zero attached hydrogens (tertiary/aromatic N) is 2. The van der Waals surface area contributed by atoms with E-state index in [0.29, 0.717) is 12.1 Å². The van der Waals surface area contributed by atoms with Gasteiger partial charge in [0.25, 0.3) is 5.91 Å². The number of carbonyl (C=O) groups excluding carboxylic acids is 1. The van der Waals surface area contributed by atoms with E-state index >= 15 is 0 Å². The van der Waals surface area contributed by atoms with Crippen LogP contribution in [0.15, 0.2) is 53.1 Å². The van der Waals surface area contributed by atoms with E-state index in [1.807, 2.05) is 18.2 Å². The van der Waals surface area contributed by atoms with E-state index in [0.717, 1.165) is 47.5 Å². The number of halogens is 1. The van der Waals surface area contributed by atoms with Gasteiger partial charge in [-0.3, -0.25) is 4.79 Å². The summed E-state index contributed by atoms with van der Waals surface area (Å²) in [5, 5.41) is 6.20. The van der Waals surface area contributed by atoms with Crippen LogP contribution in [0.4, 0.5) is 11.4 Å². The van der Waals surface area contributed by atoms with Crippen LogP contribution in [0, 0.1) is 0 Å². The second-order valence-corrected chi connectivity index (χ2v) is 7.94. The highest BCUT2D eigenvalue weighted by molar-refractivity contribution is 9.10. The van der Waals surface area contributed by atoms with Gasteiger partial charge in [-0.25, -0.2) is 0 Å². The van der Waals surface area contributed by atoms with Crippen LogP contribution in [0.1, 0.15) is 11.1 Å². The Balaban J connectivity index is 1.50. The molecule has 6 heteroatoms. The molecule has 1 amide bonds. The Hall–Kier alpha value is -2.31. The molecule has 2 aliphatic heterocycles. The molecule has 1 fully saturated rings. The average molecular weight is 427 g/mol. The van der Waals surface area contributed by atoms with Gasteiger partial charge < -0.3 is 20.4 Å². The average Bonchev–Trinajstić information content (AvgIpc) is 2.68. The highest BCUT2D eigenvalue weighted by Crippen LogP contribution is 2.27. The molecule has 0 spiro atoms. The molecule has 0 aliphatic carbocycles. The number of piperazine rings is 1. The lowest BCUT2D eigenvalue weighted by molar-refractivity contribution is -0.116. The van der Waals surface area contributed by atoms with Crippen molar-refractivity contribution < 1.29 is 4.79 Å². The number of hydrogen-bond acceptors (Lipinski definition) is 4. The number of nitrogens with one attached hydrogen (secondary N) is 2. The van der Waals surface area contributed by atoms with Gasteiger partial charge in [-0.05, 0) is 54.6 Å². The molecule has 0 bridgehead atoms. The first-order chi connectivity index (χ1) is 13.1. The van der Waals surface area contributed by atoms with Crippen molar-refractivity contribution in [2.24, 2.45) is 0 Å². The van der Waals surface area contributed by atoms with Crippen molar-refractivity contribution in [3.05, 3.63) is 64.3 Å². The summed E-state index contributed by atoms with van der Waals surface area (Å²) >= 11 is 3.50. The van der Waals surface area contributed by atoms with Crippen LogP contribution >= 0.6 is 15.9 Å². The van der Waals surface area contributed by atoms with Crippen LogP contribution in [-0.2, 0) is 11.3 Å². The predicted octanol–water partition coefficient (Wildman–Crippen LogP) is 3.28. The maximum atomic E-state index is 12.3. The fraction of sp³-hybridized carbons (Fsp3) is 0.286. The summed E-state index contributed by atoms with van der Waals surface area (Å²) in [6.07, 6.45) is 1.80. The summed E-state index contributed by atoms with van der Waals surface area (Å²) in [5.74, 6) is -0.0536. The van der Waals surface area contributed by atoms with Gasteiger partial charge in [0.1, 0.15) is 0 Å². The molecule has 1 saturated heterocycles. The van der Waals surface area contributed by atoms with Crippen molar-refractivity contribution in [2.45, 2.75) is 6.54 Å². The fourth-order valence-corrected chi connectivity index (χ4v) is 3.84. The molecule has 0 aromatic heterocycles. The second-order valence-electron chi connectivity index (χ2n) is 7.02. The maximum Gasteiger partial charge on any atom is 0.253 e. The van der Waals surface area contributed by atoms with E-state index in [9.17, 15) is 4.79 Å². The monoisotopic (exact) mass is 426 g/mol. The molecule has 0 radical (unpaired) electrons. The Kier molecular flexibility index (Phi) is 5.18. The van der Waals surface area contributed by atoms with Crippen LogP contribution in [0.5, 0.6) is 0 Å². The zero-order chi connectivity index (χ0) is 18.8. The number of amides is 1. The molecule has 0 atom stereocenters. The van der Waals surface area contributed by atoms with Crippen molar-refractivity contribution in [1.82, 2.24) is 10.2 Å². The molecule has 140 valence electrons. The van der Waals surface area contributed by atoms with E-state index in [4.69, 9.17) is 0 Å². The quantitative estimate of drug-likeness (QED) is 0.739. The third kappa shape index (κ3) is 4.01. The first-order valence-electron chi connectivity index (χ1n) is 9.17. The van der Waals surface area contributed by atoms with Crippen molar-refractivity contribution in [1.29, 1.82) is 0 Å². The van der Waals surface area contributed by atoms with Crippen molar-refractivity contribution in [3.63, 3.8) is 0 Å². The van der Waals surface area contributed by atoms with Crippen LogP contribution in [0.3, 0.4) is 0 Å². The van der Waals surface area contributed by atoms with Crippen molar-refractivity contribution >= 4 is 38.8 Å². The molecule has 2 heterocycles. The Bertz CT molecular complexity index is 870. The van der Waals surface area contributed by atoms with Crippen LogP contribution in [-0.4, -0.2) is 44.0 Å². The maximum absolute atomic E-state index is 12.3. The SMILES string of the molecule is CN1CCN(c2ccc(N/C=C3\C(=O)NCc4ccc(Br)cc43)cc2)CC1. The first-order valence-corrected chi connectivity index (χ1v) is 9.97. The van der Waals surface area contributed by atoms with E-state index in [-0.39, 0.29) is 5.91 Å². The van der Waals surface area contributed by atoms with Gasteiger partial charge >= 0.3 is 0 Å². The van der Waals surface area contributed by atoms with Crippen LogP contribution in [0.25, 0.3) is 5.57 Å². The number of fused-ring (bicyclic) bond motifs is 1. The summed E-state index contributed by atoms with van der Waals surface area (Å²) in [5.41, 5.74) is 4.95. The second kappa shape index (κ2) is 7.74. The van der Waals surface area contributed by atoms with Gasteiger partial charge in [-0.15, -0.1) is 0 Å². The molecule has 2 N–H and O–H groups in total. The fourth-order valence-electron chi connectivity index (χ4n) is 3.48. The Morgan fingerprint density at radius 2 is 1.81 bits per heavy atom. The van der Waals surface area contributed by atoms with E-state index in [2.05, 4.69) is 67.7 Å². The smallest absolute Gasteiger partial charge is 0.253 e. The summed E-state index contributed by atoms with van der Waals surface area (Å²) < 4.78 is 0.971. The number of benzene rings is 2. The molecule has 4 rings (SSSR count). The molecule has 2 aromatic rings. The molecule has 2 aromatic carbocycles. The van der Waals surface area contributed by atoms with Gasteiger partial charge in [0.15, 0.2) is 0 Å². The number of rotatable bonds is 3.